The first-order valence-electron chi connectivity index (χ1n) is 7.90. The molecule has 7 heteroatoms. The summed E-state index contributed by atoms with van der Waals surface area (Å²) in [4.78, 5) is 12.4. The summed E-state index contributed by atoms with van der Waals surface area (Å²) in [5.41, 5.74) is 0.932. The number of hydrogen-bond donors (Lipinski definition) is 1. The molecule has 5 nitrogen and oxygen atoms in total. The Morgan fingerprint density at radius 1 is 1.46 bits per heavy atom. The molecule has 1 amide bonds. The van der Waals surface area contributed by atoms with E-state index >= 15 is 0 Å². The van der Waals surface area contributed by atoms with E-state index in [1.165, 1.54) is 16.9 Å². The Hall–Kier alpha value is -2.28. The maximum atomic E-state index is 13.9. The molecule has 1 aliphatic heterocycles. The van der Waals surface area contributed by atoms with Crippen LogP contribution in [0, 0.1) is 18.6 Å². The second-order valence-electron chi connectivity index (χ2n) is 5.96. The molecule has 1 aromatic carbocycles. The number of halogens is 2. The zero-order valence-corrected chi connectivity index (χ0v) is 13.6. The predicted molar refractivity (Wildman–Crippen MR) is 84.1 cm³/mol. The summed E-state index contributed by atoms with van der Waals surface area (Å²) >= 11 is 0. The molecule has 0 spiro atoms. The van der Waals surface area contributed by atoms with Crippen LogP contribution in [0.25, 0.3) is 5.69 Å². The highest BCUT2D eigenvalue weighted by molar-refractivity contribution is 5.95. The lowest BCUT2D eigenvalue weighted by Crippen LogP contribution is -2.40. The van der Waals surface area contributed by atoms with Gasteiger partial charge in [-0.25, -0.2) is 13.5 Å². The zero-order chi connectivity index (χ0) is 17.3. The van der Waals surface area contributed by atoms with E-state index in [1.807, 2.05) is 6.92 Å². The van der Waals surface area contributed by atoms with Gasteiger partial charge in [0, 0.05) is 12.7 Å². The van der Waals surface area contributed by atoms with Crippen LogP contribution in [0.5, 0.6) is 0 Å². The molecule has 1 fully saturated rings. The molecule has 2 atom stereocenters. The average Bonchev–Trinajstić information content (AvgIpc) is 3.17. The number of amides is 1. The molecule has 2 heterocycles. The van der Waals surface area contributed by atoms with E-state index in [1.54, 1.807) is 6.92 Å². The Labute approximate surface area is 138 Å². The largest absolute Gasteiger partial charge is 0.376 e. The van der Waals surface area contributed by atoms with Crippen molar-refractivity contribution < 1.29 is 18.3 Å². The summed E-state index contributed by atoms with van der Waals surface area (Å²) < 4.78 is 33.8. The van der Waals surface area contributed by atoms with E-state index in [0.717, 1.165) is 25.0 Å². The normalized spacial score (nSPS) is 18.6. The molecule has 0 bridgehead atoms. The summed E-state index contributed by atoms with van der Waals surface area (Å²) in [6, 6.07) is 3.11. The van der Waals surface area contributed by atoms with Crippen molar-refractivity contribution in [3.05, 3.63) is 47.3 Å². The lowest BCUT2D eigenvalue weighted by atomic mass is 10.1. The van der Waals surface area contributed by atoms with Gasteiger partial charge in [0.2, 0.25) is 0 Å². The van der Waals surface area contributed by atoms with Crippen LogP contribution in [0.2, 0.25) is 0 Å². The minimum Gasteiger partial charge on any atom is -0.376 e. The van der Waals surface area contributed by atoms with Crippen LogP contribution in [-0.4, -0.2) is 34.4 Å². The van der Waals surface area contributed by atoms with Gasteiger partial charge in [0.05, 0.1) is 29.6 Å². The van der Waals surface area contributed by atoms with Crippen LogP contribution < -0.4 is 5.32 Å². The van der Waals surface area contributed by atoms with Crippen molar-refractivity contribution in [1.29, 1.82) is 0 Å². The Kier molecular flexibility index (Phi) is 4.62. The molecule has 1 N–H and O–H groups in total. The van der Waals surface area contributed by atoms with Crippen LogP contribution in [-0.2, 0) is 4.74 Å². The maximum absolute atomic E-state index is 13.9. The first kappa shape index (κ1) is 16.6. The maximum Gasteiger partial charge on any atom is 0.255 e. The van der Waals surface area contributed by atoms with E-state index in [9.17, 15) is 13.6 Å². The first-order valence-corrected chi connectivity index (χ1v) is 7.90. The number of carbonyl (C=O) groups is 1. The summed E-state index contributed by atoms with van der Waals surface area (Å²) in [5, 5.41) is 6.96. The summed E-state index contributed by atoms with van der Waals surface area (Å²) in [6.07, 6.45) is 3.31. The molecule has 128 valence electrons. The van der Waals surface area contributed by atoms with Crippen molar-refractivity contribution in [2.45, 2.75) is 38.8 Å². The lowest BCUT2D eigenvalue weighted by Gasteiger charge is -2.19. The molecule has 0 unspecified atom stereocenters. The van der Waals surface area contributed by atoms with Gasteiger partial charge in [-0.2, -0.15) is 5.10 Å². The highest BCUT2D eigenvalue weighted by atomic mass is 19.1. The quantitative estimate of drug-likeness (QED) is 0.935. The molecule has 1 aromatic heterocycles. The van der Waals surface area contributed by atoms with Crippen molar-refractivity contribution in [1.82, 2.24) is 15.1 Å². The molecule has 24 heavy (non-hydrogen) atoms. The Balaban J connectivity index is 1.80. The number of nitrogens with one attached hydrogen (secondary N) is 1. The Bertz CT molecular complexity index is 754. The fourth-order valence-corrected chi connectivity index (χ4v) is 2.90. The molecule has 0 aliphatic carbocycles. The molecule has 0 saturated carbocycles. The topological polar surface area (TPSA) is 56.1 Å². The van der Waals surface area contributed by atoms with E-state index < -0.39 is 11.6 Å². The standard InChI is InChI=1S/C17H19F2N3O2/c1-10(16-4-3-7-24-16)21-17(23)13-9-20-22(11(13)2)15-6-5-12(18)8-14(15)19/h5-6,8-10,16H,3-4,7H2,1-2H3,(H,21,23)/t10-,16-/m1/s1. The van der Waals surface area contributed by atoms with Crippen LogP contribution in [0.4, 0.5) is 8.78 Å². The zero-order valence-electron chi connectivity index (χ0n) is 13.6. The third-order valence-electron chi connectivity index (χ3n) is 4.27. The molecular formula is C17H19F2N3O2. The van der Waals surface area contributed by atoms with Gasteiger partial charge in [-0.05, 0) is 38.8 Å². The number of aromatic nitrogens is 2. The summed E-state index contributed by atoms with van der Waals surface area (Å²) in [5.74, 6) is -1.69. The Morgan fingerprint density at radius 3 is 2.92 bits per heavy atom. The smallest absolute Gasteiger partial charge is 0.255 e. The minimum absolute atomic E-state index is 0.0128. The minimum atomic E-state index is -0.735. The van der Waals surface area contributed by atoms with Crippen LogP contribution in [0.1, 0.15) is 35.8 Å². The second kappa shape index (κ2) is 6.68. The fourth-order valence-electron chi connectivity index (χ4n) is 2.90. The number of nitrogens with zero attached hydrogens (tertiary/aromatic N) is 2. The van der Waals surface area contributed by atoms with Crippen LogP contribution in [0.15, 0.2) is 24.4 Å². The van der Waals surface area contributed by atoms with Gasteiger partial charge < -0.3 is 10.1 Å². The van der Waals surface area contributed by atoms with E-state index in [0.29, 0.717) is 17.9 Å². The number of ether oxygens (including phenoxy) is 1. The van der Waals surface area contributed by atoms with Gasteiger partial charge in [0.25, 0.3) is 5.91 Å². The molecule has 1 aliphatic rings. The van der Waals surface area contributed by atoms with Crippen molar-refractivity contribution in [2.24, 2.45) is 0 Å². The summed E-state index contributed by atoms with van der Waals surface area (Å²) in [6.45, 7) is 4.28. The van der Waals surface area contributed by atoms with E-state index in [-0.39, 0.29) is 23.7 Å². The SMILES string of the molecule is Cc1c(C(=O)N[C@H](C)[C@H]2CCCO2)cnn1-c1ccc(F)cc1F. The van der Waals surface area contributed by atoms with Gasteiger partial charge in [-0.1, -0.05) is 0 Å². The van der Waals surface area contributed by atoms with Crippen molar-refractivity contribution in [3.63, 3.8) is 0 Å². The van der Waals surface area contributed by atoms with E-state index in [4.69, 9.17) is 4.74 Å². The van der Waals surface area contributed by atoms with E-state index in [2.05, 4.69) is 10.4 Å². The van der Waals surface area contributed by atoms with Crippen molar-refractivity contribution >= 4 is 5.91 Å². The molecule has 3 rings (SSSR count). The number of carbonyl (C=O) groups excluding carboxylic acids is 1. The molecular weight excluding hydrogens is 316 g/mol. The van der Waals surface area contributed by atoms with Crippen LogP contribution >= 0.6 is 0 Å². The van der Waals surface area contributed by atoms with Gasteiger partial charge in [-0.15, -0.1) is 0 Å². The highest BCUT2D eigenvalue weighted by Crippen LogP contribution is 2.19. The van der Waals surface area contributed by atoms with Crippen molar-refractivity contribution in [3.8, 4) is 5.69 Å². The van der Waals surface area contributed by atoms with Crippen LogP contribution in [0.3, 0.4) is 0 Å². The lowest BCUT2D eigenvalue weighted by molar-refractivity contribution is 0.0712. The third kappa shape index (κ3) is 3.17. The van der Waals surface area contributed by atoms with Gasteiger partial charge in [-0.3, -0.25) is 4.79 Å². The van der Waals surface area contributed by atoms with Crippen molar-refractivity contribution in [2.75, 3.05) is 6.61 Å². The predicted octanol–water partition coefficient (Wildman–Crippen LogP) is 2.76. The monoisotopic (exact) mass is 335 g/mol. The third-order valence-corrected chi connectivity index (χ3v) is 4.27. The second-order valence-corrected chi connectivity index (χ2v) is 5.96. The van der Waals surface area contributed by atoms with Gasteiger partial charge in [0.15, 0.2) is 5.82 Å². The number of hydrogen-bond acceptors (Lipinski definition) is 3. The molecule has 1 saturated heterocycles. The van der Waals surface area contributed by atoms with Gasteiger partial charge in [0.1, 0.15) is 11.5 Å². The molecule has 2 aromatic rings. The van der Waals surface area contributed by atoms with Gasteiger partial charge >= 0.3 is 0 Å². The molecule has 0 radical (unpaired) electrons. The fraction of sp³-hybridized carbons (Fsp3) is 0.412. The highest BCUT2D eigenvalue weighted by Gasteiger charge is 2.25. The average molecular weight is 335 g/mol. The number of benzene rings is 1. The Morgan fingerprint density at radius 2 is 2.25 bits per heavy atom. The first-order chi connectivity index (χ1) is 11.5. The number of rotatable bonds is 4. The summed E-state index contributed by atoms with van der Waals surface area (Å²) in [7, 11) is 0.